The van der Waals surface area contributed by atoms with E-state index in [9.17, 15) is 16.8 Å². The van der Waals surface area contributed by atoms with E-state index < -0.39 is 20.0 Å². The van der Waals surface area contributed by atoms with Crippen LogP contribution in [0.1, 0.15) is 16.8 Å². The van der Waals surface area contributed by atoms with E-state index >= 15 is 0 Å². The molecule has 0 aliphatic heterocycles. The molecule has 0 aliphatic rings. The highest BCUT2D eigenvalue weighted by Gasteiger charge is 2.28. The van der Waals surface area contributed by atoms with Crippen molar-refractivity contribution in [1.82, 2.24) is 8.28 Å². The average Bonchev–Trinajstić information content (AvgIpc) is 3.23. The summed E-state index contributed by atoms with van der Waals surface area (Å²) >= 11 is 5.57. The zero-order valence-electron chi connectivity index (χ0n) is 20.8. The molecule has 0 aliphatic carbocycles. The number of aryl methyl sites for hydroxylation is 1. The Bertz CT molecular complexity index is 1730. The van der Waals surface area contributed by atoms with Crippen LogP contribution in [0.5, 0.6) is 0 Å². The van der Waals surface area contributed by atoms with Crippen LogP contribution in [0.3, 0.4) is 0 Å². The third-order valence-corrected chi connectivity index (χ3v) is 10.0. The molecule has 0 amide bonds. The van der Waals surface area contributed by atoms with Crippen molar-refractivity contribution in [2.24, 2.45) is 0 Å². The molecule has 9 heteroatoms. The molecule has 0 fully saturated rings. The lowest BCUT2D eigenvalue weighted by Crippen LogP contribution is -2.33. The van der Waals surface area contributed by atoms with Gasteiger partial charge >= 0.3 is 0 Å². The van der Waals surface area contributed by atoms with Crippen molar-refractivity contribution in [3.8, 4) is 11.3 Å². The maximum absolute atomic E-state index is 13.8. The van der Waals surface area contributed by atoms with E-state index in [4.69, 9.17) is 11.6 Å². The van der Waals surface area contributed by atoms with Crippen molar-refractivity contribution in [3.05, 3.63) is 108 Å². The topological polar surface area (TPSA) is 76.5 Å². The van der Waals surface area contributed by atoms with Gasteiger partial charge in [-0.2, -0.15) is 4.31 Å². The second-order valence-electron chi connectivity index (χ2n) is 8.69. The lowest BCUT2D eigenvalue weighted by atomic mass is 10.1. The Labute approximate surface area is 229 Å². The van der Waals surface area contributed by atoms with Gasteiger partial charge in [-0.15, -0.1) is 6.58 Å². The number of aromatic nitrogens is 1. The molecule has 0 radical (unpaired) electrons. The largest absolute Gasteiger partial charge is 0.268 e. The van der Waals surface area contributed by atoms with E-state index in [1.54, 1.807) is 72.8 Å². The zero-order valence-corrected chi connectivity index (χ0v) is 23.2. The Kier molecular flexibility index (Phi) is 8.44. The number of hydrogen-bond acceptors (Lipinski definition) is 4. The molecule has 0 unspecified atom stereocenters. The molecule has 1 aromatic heterocycles. The third-order valence-electron chi connectivity index (χ3n) is 6.25. The van der Waals surface area contributed by atoms with Gasteiger partial charge in [0.2, 0.25) is 10.0 Å². The number of nitrogens with zero attached hydrogens (tertiary/aromatic N) is 2. The van der Waals surface area contributed by atoms with Gasteiger partial charge in [-0.3, -0.25) is 0 Å². The quantitative estimate of drug-likeness (QED) is 0.192. The molecule has 0 N–H and O–H groups in total. The van der Waals surface area contributed by atoms with Gasteiger partial charge in [-0.05, 0) is 60.8 Å². The van der Waals surface area contributed by atoms with E-state index in [0.29, 0.717) is 11.2 Å². The highest BCUT2D eigenvalue weighted by atomic mass is 35.5. The van der Waals surface area contributed by atoms with Gasteiger partial charge in [-0.1, -0.05) is 66.1 Å². The number of rotatable bonds is 10. The molecule has 4 aromatic rings. The Hall–Kier alpha value is -3.35. The predicted octanol–water partition coefficient (Wildman–Crippen LogP) is 5.35. The molecule has 0 saturated heterocycles. The van der Waals surface area contributed by atoms with Crippen molar-refractivity contribution < 1.29 is 16.8 Å². The number of benzene rings is 3. The fourth-order valence-corrected chi connectivity index (χ4v) is 7.43. The van der Waals surface area contributed by atoms with Crippen molar-refractivity contribution >= 4 is 42.6 Å². The van der Waals surface area contributed by atoms with E-state index in [0.717, 1.165) is 16.5 Å². The Morgan fingerprint density at radius 2 is 1.58 bits per heavy atom. The average molecular weight is 567 g/mol. The van der Waals surface area contributed by atoms with Crippen LogP contribution in [-0.2, 0) is 32.9 Å². The van der Waals surface area contributed by atoms with E-state index in [1.165, 1.54) is 8.28 Å². The van der Waals surface area contributed by atoms with Crippen LogP contribution < -0.4 is 0 Å². The monoisotopic (exact) mass is 566 g/mol. The van der Waals surface area contributed by atoms with Gasteiger partial charge in [-0.25, -0.2) is 20.8 Å². The first-order chi connectivity index (χ1) is 18.2. The maximum atomic E-state index is 13.8. The van der Waals surface area contributed by atoms with Crippen LogP contribution in [0, 0.1) is 18.2 Å². The second kappa shape index (κ2) is 11.6. The zero-order chi connectivity index (χ0) is 27.3. The van der Waals surface area contributed by atoms with Crippen molar-refractivity contribution in [2.45, 2.75) is 29.6 Å². The molecule has 6 nitrogen and oxygen atoms in total. The summed E-state index contributed by atoms with van der Waals surface area (Å²) in [6.07, 6.45) is 2.19. The molecule has 196 valence electrons. The molecule has 1 heterocycles. The van der Waals surface area contributed by atoms with Crippen molar-refractivity contribution in [2.75, 3.05) is 13.1 Å². The number of allylic oxidation sites excluding steroid dienone is 1. The fraction of sp³-hybridized carbons (Fsp3) is 0.172. The lowest BCUT2D eigenvalue weighted by Gasteiger charge is -2.20. The Morgan fingerprint density at radius 3 is 2.24 bits per heavy atom. The summed E-state index contributed by atoms with van der Waals surface area (Å²) in [7, 11) is -7.80. The normalized spacial score (nSPS) is 11.9. The van der Waals surface area contributed by atoms with E-state index in [2.05, 4.69) is 17.9 Å². The van der Waals surface area contributed by atoms with Crippen molar-refractivity contribution in [1.29, 1.82) is 0 Å². The number of fused-ring (bicyclic) bond motifs is 1. The first-order valence-electron chi connectivity index (χ1n) is 11.9. The van der Waals surface area contributed by atoms with Crippen LogP contribution >= 0.6 is 11.6 Å². The molecule has 0 bridgehead atoms. The standard InChI is InChI=1S/C29H27ClN2O4S2/c1-3-10-28-27(19-22-31(21-9-20-30)37(33,34)25-17-15-23(2)16-18-25)26-13-7-8-14-29(26)32(28)38(35,36)24-11-5-4-6-12-24/h3-8,11-18H,1,10,19,21-22H2,2H3. The van der Waals surface area contributed by atoms with Crippen LogP contribution in [0.4, 0.5) is 0 Å². The summed E-state index contributed by atoms with van der Waals surface area (Å²) in [5, 5.41) is 2.99. The number of para-hydroxylation sites is 1. The minimum absolute atomic E-state index is 0.0747. The summed E-state index contributed by atoms with van der Waals surface area (Å²) in [5.74, 6) is 2.64. The smallest absolute Gasteiger partial charge is 0.237 e. The SMILES string of the molecule is C=CCc1c(CCN(CC#CCl)S(=O)(=O)c2ccc(C)cc2)c2ccccc2n1S(=O)(=O)c1ccccc1. The molecular formula is C29H27ClN2O4S2. The number of sulfonamides is 1. The number of hydrogen-bond donors (Lipinski definition) is 0. The molecule has 0 spiro atoms. The Morgan fingerprint density at radius 1 is 0.921 bits per heavy atom. The highest BCUT2D eigenvalue weighted by molar-refractivity contribution is 7.90. The number of halogens is 1. The van der Waals surface area contributed by atoms with Gasteiger partial charge in [0.15, 0.2) is 0 Å². The highest BCUT2D eigenvalue weighted by Crippen LogP contribution is 2.32. The molecular weight excluding hydrogens is 540 g/mol. The van der Waals surface area contributed by atoms with Gasteiger partial charge in [0.25, 0.3) is 10.0 Å². The summed E-state index contributed by atoms with van der Waals surface area (Å²) in [4.78, 5) is 0.318. The van der Waals surface area contributed by atoms with E-state index in [1.807, 2.05) is 19.1 Å². The Balaban J connectivity index is 1.82. The summed E-state index contributed by atoms with van der Waals surface area (Å²) in [6.45, 7) is 5.69. The molecule has 3 aromatic carbocycles. The fourth-order valence-electron chi connectivity index (χ4n) is 4.42. The van der Waals surface area contributed by atoms with E-state index in [-0.39, 0.29) is 35.7 Å². The lowest BCUT2D eigenvalue weighted by molar-refractivity contribution is 0.449. The predicted molar refractivity (Wildman–Crippen MR) is 152 cm³/mol. The molecule has 4 rings (SSSR count). The molecule has 0 atom stereocenters. The molecule has 38 heavy (non-hydrogen) atoms. The summed E-state index contributed by atoms with van der Waals surface area (Å²) in [5.41, 5.74) is 2.75. The summed E-state index contributed by atoms with van der Waals surface area (Å²) in [6, 6.07) is 22.1. The maximum Gasteiger partial charge on any atom is 0.268 e. The van der Waals surface area contributed by atoms with Crippen LogP contribution in [0.2, 0.25) is 0 Å². The minimum atomic E-state index is -3.93. The van der Waals surface area contributed by atoms with Crippen molar-refractivity contribution in [3.63, 3.8) is 0 Å². The van der Waals surface area contributed by atoms with Crippen LogP contribution in [-0.4, -0.2) is 38.2 Å². The summed E-state index contributed by atoms with van der Waals surface area (Å²) < 4.78 is 57.2. The van der Waals surface area contributed by atoms with Gasteiger partial charge < -0.3 is 0 Å². The minimum Gasteiger partial charge on any atom is -0.237 e. The first-order valence-corrected chi connectivity index (χ1v) is 15.2. The van der Waals surface area contributed by atoms with Crippen LogP contribution in [0.15, 0.2) is 101 Å². The first kappa shape index (κ1) is 27.7. The third kappa shape index (κ3) is 5.42. The van der Waals surface area contributed by atoms with Gasteiger partial charge in [0.1, 0.15) is 0 Å². The second-order valence-corrected chi connectivity index (χ2v) is 12.6. The molecule has 0 saturated carbocycles. The van der Waals surface area contributed by atoms with Gasteiger partial charge in [0, 0.05) is 29.4 Å². The van der Waals surface area contributed by atoms with Crippen LogP contribution in [0.25, 0.3) is 10.9 Å². The van der Waals surface area contributed by atoms with Gasteiger partial charge in [0.05, 0.1) is 21.9 Å².